The summed E-state index contributed by atoms with van der Waals surface area (Å²) in [7, 11) is 0. The zero-order chi connectivity index (χ0) is 25.4. The first-order chi connectivity index (χ1) is 16.6. The molecule has 186 valence electrons. The zero-order valence-corrected chi connectivity index (χ0v) is 19.0. The normalized spacial score (nSPS) is 24.5. The third kappa shape index (κ3) is 5.01. The number of nitrogens with zero attached hydrogens (tertiary/aromatic N) is 3. The lowest BCUT2D eigenvalue weighted by molar-refractivity contribution is -0.178. The van der Waals surface area contributed by atoms with Crippen molar-refractivity contribution in [2.24, 2.45) is 0 Å². The first-order valence-corrected chi connectivity index (χ1v) is 11.2. The molecular formula is C21H17ClF3N3O6S. The van der Waals surface area contributed by atoms with Gasteiger partial charge in [0, 0.05) is 15.5 Å². The molecule has 14 heteroatoms. The summed E-state index contributed by atoms with van der Waals surface area (Å²) in [5, 5.41) is 48.7. The van der Waals surface area contributed by atoms with Crippen molar-refractivity contribution in [3.8, 4) is 11.3 Å². The predicted molar refractivity (Wildman–Crippen MR) is 116 cm³/mol. The minimum Gasteiger partial charge on any atom is -0.478 e. The van der Waals surface area contributed by atoms with Crippen LogP contribution in [0.25, 0.3) is 11.3 Å². The molecule has 1 aliphatic rings. The number of aliphatic hydroxyl groups excluding tert-OH is 3. The maximum absolute atomic E-state index is 13.6. The van der Waals surface area contributed by atoms with E-state index >= 15 is 0 Å². The molecule has 0 bridgehead atoms. The Balaban J connectivity index is 1.67. The van der Waals surface area contributed by atoms with E-state index in [1.807, 2.05) is 0 Å². The molecule has 4 rings (SSSR count). The highest BCUT2D eigenvalue weighted by Gasteiger charge is 2.46. The van der Waals surface area contributed by atoms with Gasteiger partial charge >= 0.3 is 5.97 Å². The van der Waals surface area contributed by atoms with E-state index in [0.29, 0.717) is 12.1 Å². The third-order valence-electron chi connectivity index (χ3n) is 5.36. The number of carbonyl (C=O) groups is 1. The molecular weight excluding hydrogens is 515 g/mol. The van der Waals surface area contributed by atoms with E-state index in [1.54, 1.807) is 0 Å². The van der Waals surface area contributed by atoms with Crippen LogP contribution < -0.4 is 0 Å². The number of aliphatic hydroxyl groups is 3. The van der Waals surface area contributed by atoms with Crippen molar-refractivity contribution in [2.75, 3.05) is 6.61 Å². The van der Waals surface area contributed by atoms with Gasteiger partial charge in [-0.2, -0.15) is 0 Å². The molecule has 5 atom stereocenters. The van der Waals surface area contributed by atoms with Crippen molar-refractivity contribution in [2.45, 2.75) is 34.7 Å². The number of benzene rings is 2. The second-order valence-electron chi connectivity index (χ2n) is 7.60. The molecule has 1 aliphatic heterocycles. The van der Waals surface area contributed by atoms with E-state index in [1.165, 1.54) is 24.4 Å². The van der Waals surface area contributed by atoms with E-state index in [0.717, 1.165) is 16.4 Å². The van der Waals surface area contributed by atoms with Crippen LogP contribution in [0.5, 0.6) is 0 Å². The maximum atomic E-state index is 13.6. The Hall–Kier alpha value is -2.68. The summed E-state index contributed by atoms with van der Waals surface area (Å²) in [6.45, 7) is -0.654. The second kappa shape index (κ2) is 10.1. The molecule has 3 aromatic rings. The molecule has 0 aliphatic carbocycles. The molecule has 4 N–H and O–H groups in total. The molecule has 2 heterocycles. The number of rotatable bonds is 6. The number of halogens is 4. The van der Waals surface area contributed by atoms with E-state index in [9.17, 15) is 38.4 Å². The highest BCUT2D eigenvalue weighted by molar-refractivity contribution is 8.00. The van der Waals surface area contributed by atoms with E-state index in [4.69, 9.17) is 16.3 Å². The first kappa shape index (κ1) is 25.4. The van der Waals surface area contributed by atoms with Gasteiger partial charge < -0.3 is 25.2 Å². The lowest BCUT2D eigenvalue weighted by Gasteiger charge is -2.41. The van der Waals surface area contributed by atoms with Crippen LogP contribution >= 0.6 is 23.4 Å². The Bertz CT molecular complexity index is 1240. The van der Waals surface area contributed by atoms with Gasteiger partial charge in [-0.3, -0.25) is 0 Å². The Labute approximate surface area is 204 Å². The van der Waals surface area contributed by atoms with Gasteiger partial charge in [-0.15, -0.1) is 5.10 Å². The number of aromatic carboxylic acids is 1. The topological polar surface area (TPSA) is 138 Å². The summed E-state index contributed by atoms with van der Waals surface area (Å²) < 4.78 is 47.2. The van der Waals surface area contributed by atoms with Gasteiger partial charge in [0.15, 0.2) is 17.5 Å². The molecule has 0 amide bonds. The van der Waals surface area contributed by atoms with E-state index in [2.05, 4.69) is 10.3 Å². The van der Waals surface area contributed by atoms with Crippen LogP contribution in [0.1, 0.15) is 16.4 Å². The molecule has 35 heavy (non-hydrogen) atoms. The Morgan fingerprint density at radius 3 is 2.46 bits per heavy atom. The predicted octanol–water partition coefficient (Wildman–Crippen LogP) is 2.49. The fraction of sp³-hybridized carbons (Fsp3) is 0.286. The number of carboxylic acids is 1. The van der Waals surface area contributed by atoms with Gasteiger partial charge in [0.2, 0.25) is 0 Å². The molecule has 0 saturated carbocycles. The lowest BCUT2D eigenvalue weighted by atomic mass is 9.97. The second-order valence-corrected chi connectivity index (χ2v) is 9.18. The SMILES string of the molecule is O=C(O)c1ccc(Cl)cc1S[C@H]1OC(CO)[C@H](O)[C@H](n2cc(-c3cc(F)c(F)c(F)c3)nn2)C1O. The van der Waals surface area contributed by atoms with Gasteiger partial charge in [0.05, 0.1) is 18.4 Å². The fourth-order valence-electron chi connectivity index (χ4n) is 3.63. The van der Waals surface area contributed by atoms with Gasteiger partial charge in [-0.25, -0.2) is 22.6 Å². The third-order valence-corrected chi connectivity index (χ3v) is 6.81. The zero-order valence-electron chi connectivity index (χ0n) is 17.4. The average molecular weight is 532 g/mol. The molecule has 1 saturated heterocycles. The highest BCUT2D eigenvalue weighted by Crippen LogP contribution is 2.40. The van der Waals surface area contributed by atoms with Crippen LogP contribution in [-0.4, -0.2) is 71.7 Å². The Morgan fingerprint density at radius 2 is 1.83 bits per heavy atom. The number of carboxylic acid groups (broad SMARTS) is 1. The minimum atomic E-state index is -1.65. The standard InChI is InChI=1S/C21H17ClF3N3O6S/c22-9-1-2-10(20(32)33)15(5-9)35-21-19(31)17(18(30)14(7-29)34-21)28-6-13(26-27-28)8-3-11(23)16(25)12(24)4-8/h1-6,14,17-19,21,29-31H,7H2,(H,32,33)/t14?,17-,18-,19?,21+/m0/s1. The van der Waals surface area contributed by atoms with Gasteiger partial charge in [-0.05, 0) is 30.3 Å². The van der Waals surface area contributed by atoms with Gasteiger partial charge in [-0.1, -0.05) is 28.6 Å². The van der Waals surface area contributed by atoms with Crippen molar-refractivity contribution < 1.29 is 43.1 Å². The summed E-state index contributed by atoms with van der Waals surface area (Å²) >= 11 is 6.79. The smallest absolute Gasteiger partial charge is 0.336 e. The fourth-order valence-corrected chi connectivity index (χ4v) is 5.09. The maximum Gasteiger partial charge on any atom is 0.336 e. The largest absolute Gasteiger partial charge is 0.478 e. The van der Waals surface area contributed by atoms with E-state index < -0.39 is 59.8 Å². The lowest BCUT2D eigenvalue weighted by Crippen LogP contribution is -2.55. The van der Waals surface area contributed by atoms with Crippen LogP contribution in [0.3, 0.4) is 0 Å². The summed E-state index contributed by atoms with van der Waals surface area (Å²) in [4.78, 5) is 11.7. The number of hydrogen-bond donors (Lipinski definition) is 4. The Kier molecular flexibility index (Phi) is 7.35. The van der Waals surface area contributed by atoms with Crippen LogP contribution in [0, 0.1) is 17.5 Å². The van der Waals surface area contributed by atoms with Crippen molar-refractivity contribution in [3.63, 3.8) is 0 Å². The number of aromatic nitrogens is 3. The van der Waals surface area contributed by atoms with Crippen LogP contribution in [0.2, 0.25) is 5.02 Å². The minimum absolute atomic E-state index is 0.0820. The summed E-state index contributed by atoms with van der Waals surface area (Å²) in [5.41, 5.74) is -1.52. The number of ether oxygens (including phenoxy) is 1. The molecule has 0 spiro atoms. The average Bonchev–Trinajstić information content (AvgIpc) is 3.28. The molecule has 0 radical (unpaired) electrons. The summed E-state index contributed by atoms with van der Waals surface area (Å²) in [5.74, 6) is -5.77. The van der Waals surface area contributed by atoms with Crippen molar-refractivity contribution in [1.82, 2.24) is 15.0 Å². The quantitative estimate of drug-likeness (QED) is 0.353. The van der Waals surface area contributed by atoms with Crippen molar-refractivity contribution >= 4 is 29.3 Å². The van der Waals surface area contributed by atoms with Crippen molar-refractivity contribution in [3.05, 3.63) is 64.6 Å². The molecule has 2 unspecified atom stereocenters. The number of hydrogen-bond acceptors (Lipinski definition) is 8. The van der Waals surface area contributed by atoms with Crippen LogP contribution in [0.15, 0.2) is 41.4 Å². The molecule has 1 aromatic heterocycles. The van der Waals surface area contributed by atoms with Crippen LogP contribution in [0.4, 0.5) is 13.2 Å². The molecule has 1 fully saturated rings. The van der Waals surface area contributed by atoms with Gasteiger partial charge in [0.1, 0.15) is 35.5 Å². The molecule has 9 nitrogen and oxygen atoms in total. The monoisotopic (exact) mass is 531 g/mol. The Morgan fingerprint density at radius 1 is 1.14 bits per heavy atom. The van der Waals surface area contributed by atoms with Gasteiger partial charge in [0.25, 0.3) is 0 Å². The first-order valence-electron chi connectivity index (χ1n) is 9.99. The summed E-state index contributed by atoms with van der Waals surface area (Å²) in [6, 6.07) is 4.20. The highest BCUT2D eigenvalue weighted by atomic mass is 35.5. The number of thioether (sulfide) groups is 1. The van der Waals surface area contributed by atoms with Crippen LogP contribution in [-0.2, 0) is 4.74 Å². The molecule has 2 aromatic carbocycles. The summed E-state index contributed by atoms with van der Waals surface area (Å²) in [6.07, 6.45) is -3.05. The van der Waals surface area contributed by atoms with Crippen molar-refractivity contribution in [1.29, 1.82) is 0 Å². The van der Waals surface area contributed by atoms with E-state index in [-0.39, 0.29) is 26.7 Å².